The SMILES string of the molecule is O=C(CC1NC(=O)c2ccccc21)Nc1cccc(C(=O)OC2CCNCC2)c1. The van der Waals surface area contributed by atoms with Crippen LogP contribution in [0.15, 0.2) is 48.5 Å². The van der Waals surface area contributed by atoms with Gasteiger partial charge in [-0.05, 0) is 55.8 Å². The zero-order valence-electron chi connectivity index (χ0n) is 15.9. The van der Waals surface area contributed by atoms with E-state index >= 15 is 0 Å². The molecule has 0 spiro atoms. The molecule has 3 N–H and O–H groups in total. The zero-order valence-corrected chi connectivity index (χ0v) is 15.9. The number of benzene rings is 2. The van der Waals surface area contributed by atoms with Crippen LogP contribution in [-0.2, 0) is 9.53 Å². The van der Waals surface area contributed by atoms with Crippen LogP contribution in [0.25, 0.3) is 0 Å². The molecule has 150 valence electrons. The predicted octanol–water partition coefficient (Wildman–Crippen LogP) is 2.41. The van der Waals surface area contributed by atoms with Crippen molar-refractivity contribution in [1.29, 1.82) is 0 Å². The molecule has 1 unspecified atom stereocenters. The van der Waals surface area contributed by atoms with Crippen LogP contribution in [0, 0.1) is 0 Å². The van der Waals surface area contributed by atoms with Crippen molar-refractivity contribution in [1.82, 2.24) is 10.6 Å². The molecule has 0 radical (unpaired) electrons. The molecule has 2 aromatic carbocycles. The molecule has 29 heavy (non-hydrogen) atoms. The third kappa shape index (κ3) is 4.46. The quantitative estimate of drug-likeness (QED) is 0.678. The van der Waals surface area contributed by atoms with Crippen LogP contribution in [-0.4, -0.2) is 37.0 Å². The monoisotopic (exact) mass is 393 g/mol. The maximum absolute atomic E-state index is 12.5. The van der Waals surface area contributed by atoms with Crippen molar-refractivity contribution in [3.63, 3.8) is 0 Å². The van der Waals surface area contributed by atoms with Gasteiger partial charge in [-0.2, -0.15) is 0 Å². The van der Waals surface area contributed by atoms with E-state index in [0.29, 0.717) is 16.8 Å². The Morgan fingerprint density at radius 1 is 1.07 bits per heavy atom. The third-order valence-electron chi connectivity index (χ3n) is 5.22. The molecule has 0 aromatic heterocycles. The summed E-state index contributed by atoms with van der Waals surface area (Å²) in [5.74, 6) is -0.790. The highest BCUT2D eigenvalue weighted by Gasteiger charge is 2.29. The summed E-state index contributed by atoms with van der Waals surface area (Å²) in [6, 6.07) is 13.6. The Bertz CT molecular complexity index is 937. The van der Waals surface area contributed by atoms with E-state index in [1.54, 1.807) is 36.4 Å². The normalized spacial score (nSPS) is 18.6. The van der Waals surface area contributed by atoms with Crippen molar-refractivity contribution >= 4 is 23.5 Å². The fourth-order valence-corrected chi connectivity index (χ4v) is 3.74. The number of rotatable bonds is 5. The molecule has 2 heterocycles. The molecule has 2 amide bonds. The molecule has 2 aromatic rings. The number of esters is 1. The molecule has 7 heteroatoms. The molecule has 4 rings (SSSR count). The Morgan fingerprint density at radius 3 is 2.69 bits per heavy atom. The number of nitrogens with one attached hydrogen (secondary N) is 3. The topological polar surface area (TPSA) is 96.5 Å². The molecule has 7 nitrogen and oxygen atoms in total. The summed E-state index contributed by atoms with van der Waals surface area (Å²) in [5.41, 5.74) is 2.35. The summed E-state index contributed by atoms with van der Waals surface area (Å²) in [5, 5.41) is 8.87. The Balaban J connectivity index is 1.37. The number of hydrogen-bond acceptors (Lipinski definition) is 5. The number of ether oxygens (including phenoxy) is 1. The molecular weight excluding hydrogens is 370 g/mol. The minimum Gasteiger partial charge on any atom is -0.459 e. The summed E-state index contributed by atoms with van der Waals surface area (Å²) >= 11 is 0. The van der Waals surface area contributed by atoms with Gasteiger partial charge in [0, 0.05) is 11.3 Å². The van der Waals surface area contributed by atoms with Crippen molar-refractivity contribution in [2.75, 3.05) is 18.4 Å². The average molecular weight is 393 g/mol. The van der Waals surface area contributed by atoms with Gasteiger partial charge in [0.05, 0.1) is 18.0 Å². The molecule has 2 aliphatic heterocycles. The first-order valence-electron chi connectivity index (χ1n) is 9.81. The molecule has 0 saturated carbocycles. The van der Waals surface area contributed by atoms with E-state index in [2.05, 4.69) is 16.0 Å². The van der Waals surface area contributed by atoms with Gasteiger partial charge in [-0.1, -0.05) is 24.3 Å². The van der Waals surface area contributed by atoms with E-state index in [1.165, 1.54) is 0 Å². The van der Waals surface area contributed by atoms with Crippen LogP contribution < -0.4 is 16.0 Å². The van der Waals surface area contributed by atoms with Gasteiger partial charge in [-0.25, -0.2) is 4.79 Å². The van der Waals surface area contributed by atoms with Crippen molar-refractivity contribution in [3.8, 4) is 0 Å². The maximum atomic E-state index is 12.5. The summed E-state index contributed by atoms with van der Waals surface area (Å²) in [4.78, 5) is 36.9. The Hall–Kier alpha value is -3.19. The number of piperidine rings is 1. The second-order valence-corrected chi connectivity index (χ2v) is 7.30. The van der Waals surface area contributed by atoms with Crippen molar-refractivity contribution in [2.24, 2.45) is 0 Å². The van der Waals surface area contributed by atoms with E-state index in [-0.39, 0.29) is 36.4 Å². The first kappa shape index (κ1) is 19.1. The molecular formula is C22H23N3O4. The smallest absolute Gasteiger partial charge is 0.338 e. The van der Waals surface area contributed by atoms with Crippen LogP contribution in [0.3, 0.4) is 0 Å². The van der Waals surface area contributed by atoms with Gasteiger partial charge >= 0.3 is 5.97 Å². The van der Waals surface area contributed by atoms with E-state index in [0.717, 1.165) is 31.5 Å². The molecule has 2 aliphatic rings. The van der Waals surface area contributed by atoms with Crippen molar-refractivity contribution < 1.29 is 19.1 Å². The molecule has 1 saturated heterocycles. The summed E-state index contributed by atoms with van der Waals surface area (Å²) in [6.07, 6.45) is 1.65. The van der Waals surface area contributed by atoms with E-state index in [9.17, 15) is 14.4 Å². The van der Waals surface area contributed by atoms with Crippen LogP contribution >= 0.6 is 0 Å². The van der Waals surface area contributed by atoms with Crippen LogP contribution in [0.4, 0.5) is 5.69 Å². The first-order chi connectivity index (χ1) is 14.1. The second-order valence-electron chi connectivity index (χ2n) is 7.30. The largest absolute Gasteiger partial charge is 0.459 e. The number of carbonyl (C=O) groups excluding carboxylic acids is 3. The summed E-state index contributed by atoms with van der Waals surface area (Å²) in [7, 11) is 0. The van der Waals surface area contributed by atoms with E-state index in [4.69, 9.17) is 4.74 Å². The van der Waals surface area contributed by atoms with Gasteiger partial charge < -0.3 is 20.7 Å². The lowest BCUT2D eigenvalue weighted by Gasteiger charge is -2.22. The highest BCUT2D eigenvalue weighted by molar-refractivity contribution is 6.01. The fourth-order valence-electron chi connectivity index (χ4n) is 3.74. The number of hydrogen-bond donors (Lipinski definition) is 3. The number of anilines is 1. The molecule has 0 bridgehead atoms. The summed E-state index contributed by atoms with van der Waals surface area (Å²) in [6.45, 7) is 1.68. The Kier molecular flexibility index (Phi) is 5.57. The molecule has 1 atom stereocenters. The predicted molar refractivity (Wildman–Crippen MR) is 108 cm³/mol. The zero-order chi connectivity index (χ0) is 20.2. The minimum absolute atomic E-state index is 0.0759. The van der Waals surface area contributed by atoms with E-state index in [1.807, 2.05) is 12.1 Å². The lowest BCUT2D eigenvalue weighted by Crippen LogP contribution is -2.33. The van der Waals surface area contributed by atoms with E-state index < -0.39 is 0 Å². The molecule has 0 aliphatic carbocycles. The third-order valence-corrected chi connectivity index (χ3v) is 5.22. The first-order valence-corrected chi connectivity index (χ1v) is 9.81. The van der Waals surface area contributed by atoms with Gasteiger partial charge in [0.2, 0.25) is 5.91 Å². The molecule has 1 fully saturated rings. The Labute approximate surface area is 168 Å². The lowest BCUT2D eigenvalue weighted by molar-refractivity contribution is -0.116. The van der Waals surface area contributed by atoms with Crippen molar-refractivity contribution in [3.05, 3.63) is 65.2 Å². The van der Waals surface area contributed by atoms with Gasteiger partial charge in [0.15, 0.2) is 0 Å². The number of fused-ring (bicyclic) bond motifs is 1. The maximum Gasteiger partial charge on any atom is 0.338 e. The average Bonchev–Trinajstić information content (AvgIpc) is 3.04. The van der Waals surface area contributed by atoms with Crippen LogP contribution in [0.1, 0.15) is 51.6 Å². The highest BCUT2D eigenvalue weighted by Crippen LogP contribution is 2.27. The van der Waals surface area contributed by atoms with Gasteiger partial charge in [0.1, 0.15) is 6.10 Å². The van der Waals surface area contributed by atoms with Gasteiger partial charge in [-0.3, -0.25) is 9.59 Å². The highest BCUT2D eigenvalue weighted by atomic mass is 16.5. The fraction of sp³-hybridized carbons (Fsp3) is 0.318. The van der Waals surface area contributed by atoms with Gasteiger partial charge in [-0.15, -0.1) is 0 Å². The van der Waals surface area contributed by atoms with Crippen molar-refractivity contribution in [2.45, 2.75) is 31.4 Å². The summed E-state index contributed by atoms with van der Waals surface area (Å²) < 4.78 is 5.56. The number of carbonyl (C=O) groups is 3. The minimum atomic E-state index is -0.384. The number of amides is 2. The second kappa shape index (κ2) is 8.45. The van der Waals surface area contributed by atoms with Gasteiger partial charge in [0.25, 0.3) is 5.91 Å². The van der Waals surface area contributed by atoms with Crippen LogP contribution in [0.5, 0.6) is 0 Å². The van der Waals surface area contributed by atoms with Crippen LogP contribution in [0.2, 0.25) is 0 Å². The Morgan fingerprint density at radius 2 is 1.86 bits per heavy atom. The standard InChI is InChI=1S/C22H23N3O4/c26-20(13-19-17-6-1-2-7-18(17)21(27)25-19)24-15-5-3-4-14(12-15)22(28)29-16-8-10-23-11-9-16/h1-7,12,16,19,23H,8-11,13H2,(H,24,26)(H,25,27). The lowest BCUT2D eigenvalue weighted by atomic mass is 10.0.